The number of carbonyl (C=O) groups is 1. The summed E-state index contributed by atoms with van der Waals surface area (Å²) >= 11 is 0. The van der Waals surface area contributed by atoms with Gasteiger partial charge in [0.1, 0.15) is 5.25 Å². The van der Waals surface area contributed by atoms with Gasteiger partial charge in [0.25, 0.3) is 0 Å². The van der Waals surface area contributed by atoms with E-state index in [-0.39, 0.29) is 17.2 Å². The van der Waals surface area contributed by atoms with Crippen molar-refractivity contribution in [3.05, 3.63) is 0 Å². The van der Waals surface area contributed by atoms with E-state index < -0.39 is 16.0 Å². The summed E-state index contributed by atoms with van der Waals surface area (Å²) in [6.07, 6.45) is 1.97. The van der Waals surface area contributed by atoms with Gasteiger partial charge in [0, 0.05) is 28.6 Å². The maximum Gasteiger partial charge on any atom is 0.235 e. The standard InChI is InChI=1S/C11H24N2O2S/c1-5-6-8(2)13-11(14)10(4)16(15)9(3)7-12/h8-10H,5-7,12H2,1-4H3,(H,13,14). The Balaban J connectivity index is 4.22. The summed E-state index contributed by atoms with van der Waals surface area (Å²) in [6, 6.07) is 0.144. The molecule has 0 aliphatic rings. The first-order chi connectivity index (χ1) is 7.43. The Kier molecular flexibility index (Phi) is 7.58. The zero-order valence-electron chi connectivity index (χ0n) is 10.7. The zero-order chi connectivity index (χ0) is 12.7. The minimum Gasteiger partial charge on any atom is -0.353 e. The Morgan fingerprint density at radius 1 is 1.38 bits per heavy atom. The van der Waals surface area contributed by atoms with Gasteiger partial charge in [0.2, 0.25) is 5.91 Å². The molecule has 5 heteroatoms. The van der Waals surface area contributed by atoms with Gasteiger partial charge in [-0.15, -0.1) is 0 Å². The van der Waals surface area contributed by atoms with Crippen LogP contribution < -0.4 is 11.1 Å². The molecule has 0 aliphatic carbocycles. The number of hydrogen-bond donors (Lipinski definition) is 2. The van der Waals surface area contributed by atoms with Crippen LogP contribution in [0.4, 0.5) is 0 Å². The highest BCUT2D eigenvalue weighted by molar-refractivity contribution is 7.87. The van der Waals surface area contributed by atoms with Gasteiger partial charge in [-0.25, -0.2) is 0 Å². The minimum atomic E-state index is -1.20. The Morgan fingerprint density at radius 3 is 2.38 bits per heavy atom. The first-order valence-electron chi connectivity index (χ1n) is 5.83. The van der Waals surface area contributed by atoms with Crippen LogP contribution in [0.25, 0.3) is 0 Å². The molecular formula is C11H24N2O2S. The number of nitrogens with one attached hydrogen (secondary N) is 1. The molecule has 0 fully saturated rings. The predicted molar refractivity (Wildman–Crippen MR) is 68.6 cm³/mol. The number of hydrogen-bond acceptors (Lipinski definition) is 3. The normalized spacial score (nSPS) is 18.6. The minimum absolute atomic E-state index is 0.137. The van der Waals surface area contributed by atoms with E-state index in [0.717, 1.165) is 12.8 Å². The Morgan fingerprint density at radius 2 is 1.94 bits per heavy atom. The highest BCUT2D eigenvalue weighted by Crippen LogP contribution is 2.04. The van der Waals surface area contributed by atoms with E-state index in [0.29, 0.717) is 6.54 Å². The molecule has 4 atom stereocenters. The second kappa shape index (κ2) is 7.79. The van der Waals surface area contributed by atoms with Crippen molar-refractivity contribution in [1.29, 1.82) is 0 Å². The second-order valence-electron chi connectivity index (χ2n) is 4.22. The lowest BCUT2D eigenvalue weighted by atomic mass is 10.2. The van der Waals surface area contributed by atoms with Crippen LogP contribution in [0.2, 0.25) is 0 Å². The van der Waals surface area contributed by atoms with Crippen molar-refractivity contribution in [1.82, 2.24) is 5.32 Å². The van der Waals surface area contributed by atoms with Crippen molar-refractivity contribution >= 4 is 16.7 Å². The lowest BCUT2D eigenvalue weighted by molar-refractivity contribution is -0.121. The summed E-state index contributed by atoms with van der Waals surface area (Å²) in [6.45, 7) is 7.87. The van der Waals surface area contributed by atoms with Crippen LogP contribution in [0, 0.1) is 0 Å². The highest BCUT2D eigenvalue weighted by atomic mass is 32.2. The van der Waals surface area contributed by atoms with Crippen molar-refractivity contribution in [3.8, 4) is 0 Å². The van der Waals surface area contributed by atoms with Crippen LogP contribution >= 0.6 is 0 Å². The number of nitrogens with two attached hydrogens (primary N) is 1. The molecule has 4 unspecified atom stereocenters. The van der Waals surface area contributed by atoms with E-state index in [4.69, 9.17) is 5.73 Å². The van der Waals surface area contributed by atoms with Crippen molar-refractivity contribution in [2.75, 3.05) is 6.54 Å². The van der Waals surface area contributed by atoms with Crippen molar-refractivity contribution < 1.29 is 9.00 Å². The summed E-state index contributed by atoms with van der Waals surface area (Å²) < 4.78 is 11.8. The Bertz CT molecular complexity index is 246. The third-order valence-corrected chi connectivity index (χ3v) is 4.45. The first-order valence-corrected chi connectivity index (χ1v) is 7.11. The molecule has 0 heterocycles. The van der Waals surface area contributed by atoms with Gasteiger partial charge in [0.15, 0.2) is 0 Å². The largest absolute Gasteiger partial charge is 0.353 e. The molecule has 0 rings (SSSR count). The van der Waals surface area contributed by atoms with Gasteiger partial charge in [-0.1, -0.05) is 13.3 Å². The number of carbonyl (C=O) groups excluding carboxylic acids is 1. The van der Waals surface area contributed by atoms with Gasteiger partial charge in [-0.05, 0) is 27.2 Å². The third kappa shape index (κ3) is 5.07. The van der Waals surface area contributed by atoms with Crippen LogP contribution in [0.15, 0.2) is 0 Å². The molecule has 96 valence electrons. The van der Waals surface area contributed by atoms with Crippen LogP contribution in [-0.4, -0.2) is 33.2 Å². The summed E-state index contributed by atoms with van der Waals surface area (Å²) in [7, 11) is -1.20. The van der Waals surface area contributed by atoms with Crippen LogP contribution in [-0.2, 0) is 15.6 Å². The maximum atomic E-state index is 11.8. The summed E-state index contributed by atoms with van der Waals surface area (Å²) in [5, 5.41) is 2.24. The van der Waals surface area contributed by atoms with Crippen LogP contribution in [0.3, 0.4) is 0 Å². The first kappa shape index (κ1) is 15.6. The fraction of sp³-hybridized carbons (Fsp3) is 0.909. The number of rotatable bonds is 7. The van der Waals surface area contributed by atoms with Crippen molar-refractivity contribution in [3.63, 3.8) is 0 Å². The predicted octanol–water partition coefficient (Wildman–Crippen LogP) is 0.776. The van der Waals surface area contributed by atoms with Crippen molar-refractivity contribution in [2.45, 2.75) is 57.1 Å². The van der Waals surface area contributed by atoms with E-state index in [1.807, 2.05) is 6.92 Å². The quantitative estimate of drug-likeness (QED) is 0.699. The molecule has 0 radical (unpaired) electrons. The fourth-order valence-electron chi connectivity index (χ4n) is 1.41. The van der Waals surface area contributed by atoms with E-state index in [2.05, 4.69) is 12.2 Å². The van der Waals surface area contributed by atoms with Crippen LogP contribution in [0.5, 0.6) is 0 Å². The van der Waals surface area contributed by atoms with Gasteiger partial charge >= 0.3 is 0 Å². The molecule has 3 N–H and O–H groups in total. The SMILES string of the molecule is CCCC(C)NC(=O)C(C)S(=O)C(C)CN. The molecule has 0 bridgehead atoms. The van der Waals surface area contributed by atoms with E-state index in [1.165, 1.54) is 0 Å². The topological polar surface area (TPSA) is 72.2 Å². The van der Waals surface area contributed by atoms with Gasteiger partial charge in [-0.2, -0.15) is 0 Å². The molecular weight excluding hydrogens is 224 g/mol. The summed E-state index contributed by atoms with van der Waals surface area (Å²) in [4.78, 5) is 11.7. The molecule has 0 saturated heterocycles. The Hall–Kier alpha value is -0.420. The average molecular weight is 248 g/mol. The highest BCUT2D eigenvalue weighted by Gasteiger charge is 2.24. The molecule has 16 heavy (non-hydrogen) atoms. The molecule has 0 spiro atoms. The molecule has 4 nitrogen and oxygen atoms in total. The smallest absolute Gasteiger partial charge is 0.235 e. The summed E-state index contributed by atoms with van der Waals surface area (Å²) in [5.41, 5.74) is 5.44. The number of amides is 1. The van der Waals surface area contributed by atoms with Gasteiger partial charge in [-0.3, -0.25) is 9.00 Å². The van der Waals surface area contributed by atoms with Crippen LogP contribution in [0.1, 0.15) is 40.5 Å². The molecule has 0 aromatic rings. The Labute approximate surface area is 101 Å². The lowest BCUT2D eigenvalue weighted by Crippen LogP contribution is -2.43. The average Bonchev–Trinajstić information content (AvgIpc) is 2.26. The third-order valence-electron chi connectivity index (χ3n) is 2.56. The molecule has 1 amide bonds. The maximum absolute atomic E-state index is 11.8. The lowest BCUT2D eigenvalue weighted by Gasteiger charge is -2.19. The van der Waals surface area contributed by atoms with E-state index in [9.17, 15) is 9.00 Å². The molecule has 0 aromatic carbocycles. The monoisotopic (exact) mass is 248 g/mol. The summed E-state index contributed by atoms with van der Waals surface area (Å²) in [5.74, 6) is -0.139. The van der Waals surface area contributed by atoms with Crippen molar-refractivity contribution in [2.24, 2.45) is 5.73 Å². The van der Waals surface area contributed by atoms with E-state index in [1.54, 1.807) is 13.8 Å². The molecule has 0 saturated carbocycles. The second-order valence-corrected chi connectivity index (χ2v) is 6.38. The van der Waals surface area contributed by atoms with E-state index >= 15 is 0 Å². The molecule has 0 aliphatic heterocycles. The fourth-order valence-corrected chi connectivity index (χ4v) is 2.58. The molecule has 0 aromatic heterocycles. The van der Waals surface area contributed by atoms with Gasteiger partial charge in [0.05, 0.1) is 0 Å². The van der Waals surface area contributed by atoms with Gasteiger partial charge < -0.3 is 11.1 Å². The zero-order valence-corrected chi connectivity index (χ0v) is 11.5.